The molecule has 0 fully saturated rings. The van der Waals surface area contributed by atoms with Gasteiger partial charge in [-0.2, -0.15) is 0 Å². The molecule has 2 aromatic heterocycles. The first kappa shape index (κ1) is 21.3. The molecule has 164 valence electrons. The topological polar surface area (TPSA) is 85.0 Å². The van der Waals surface area contributed by atoms with Crippen LogP contribution >= 0.6 is 0 Å². The molecule has 4 aromatic rings. The Kier molecular flexibility index (Phi) is 6.30. The number of anilines is 1. The van der Waals surface area contributed by atoms with Crippen LogP contribution in [0.15, 0.2) is 67.0 Å². The van der Waals surface area contributed by atoms with Crippen molar-refractivity contribution in [2.45, 2.75) is 26.9 Å². The molecule has 2 aromatic carbocycles. The van der Waals surface area contributed by atoms with Crippen molar-refractivity contribution in [3.63, 3.8) is 0 Å². The summed E-state index contributed by atoms with van der Waals surface area (Å²) >= 11 is 0. The second-order valence-corrected chi connectivity index (χ2v) is 7.52. The fourth-order valence-electron chi connectivity index (χ4n) is 3.68. The summed E-state index contributed by atoms with van der Waals surface area (Å²) in [6, 6.07) is 17.4. The Labute approximate surface area is 186 Å². The number of benzene rings is 2. The number of hydrogen-bond donors (Lipinski definition) is 1. The van der Waals surface area contributed by atoms with Gasteiger partial charge in [-0.05, 0) is 43.7 Å². The van der Waals surface area contributed by atoms with Crippen molar-refractivity contribution in [2.75, 3.05) is 18.4 Å². The van der Waals surface area contributed by atoms with Gasteiger partial charge in [0.05, 0.1) is 12.7 Å². The molecule has 0 saturated carbocycles. The van der Waals surface area contributed by atoms with Crippen LogP contribution in [0.3, 0.4) is 0 Å². The van der Waals surface area contributed by atoms with Gasteiger partial charge in [0.1, 0.15) is 6.54 Å². The molecule has 0 aliphatic carbocycles. The fraction of sp³-hybridized carbons (Fsp3) is 0.250. The highest BCUT2D eigenvalue weighted by Gasteiger charge is 2.14. The van der Waals surface area contributed by atoms with E-state index < -0.39 is 0 Å². The molecule has 0 unspecified atom stereocenters. The van der Waals surface area contributed by atoms with Crippen LogP contribution in [0.1, 0.15) is 29.9 Å². The monoisotopic (exact) mass is 430 g/mol. The van der Waals surface area contributed by atoms with Gasteiger partial charge < -0.3 is 14.8 Å². The highest BCUT2D eigenvalue weighted by Crippen LogP contribution is 2.21. The van der Waals surface area contributed by atoms with E-state index in [1.165, 1.54) is 0 Å². The summed E-state index contributed by atoms with van der Waals surface area (Å²) in [7, 11) is 0. The van der Waals surface area contributed by atoms with Gasteiger partial charge in [0, 0.05) is 35.9 Å². The molecule has 0 saturated heterocycles. The van der Waals surface area contributed by atoms with E-state index in [1.807, 2.05) is 84.1 Å². The molecule has 0 atom stereocenters. The zero-order valence-corrected chi connectivity index (χ0v) is 18.2. The van der Waals surface area contributed by atoms with E-state index >= 15 is 0 Å². The number of rotatable bonds is 8. The number of likely N-dealkylation sites (N-methyl/N-ethyl adjacent to an activating group) is 1. The Morgan fingerprint density at radius 1 is 1.03 bits per heavy atom. The highest BCUT2D eigenvalue weighted by atomic mass is 16.2. The largest absolute Gasteiger partial charge is 0.342 e. The highest BCUT2D eigenvalue weighted by molar-refractivity contribution is 6.03. The lowest BCUT2D eigenvalue weighted by molar-refractivity contribution is -0.131. The second-order valence-electron chi connectivity index (χ2n) is 7.52. The van der Waals surface area contributed by atoms with Crippen LogP contribution in [0.4, 0.5) is 5.69 Å². The number of carbonyl (C=O) groups is 2. The maximum absolute atomic E-state index is 12.6. The Balaban J connectivity index is 1.43. The van der Waals surface area contributed by atoms with Gasteiger partial charge in [0.25, 0.3) is 5.91 Å². The SMILES string of the molecule is CCN(CC)C(=O)Cn1ccc2cc(NC(=O)c3cn(Cc4ccccc4)nn3)ccc21. The molecule has 8 heteroatoms. The van der Waals surface area contributed by atoms with E-state index in [0.29, 0.717) is 31.9 Å². The Morgan fingerprint density at radius 3 is 2.56 bits per heavy atom. The van der Waals surface area contributed by atoms with Crippen molar-refractivity contribution in [1.82, 2.24) is 24.5 Å². The molecule has 8 nitrogen and oxygen atoms in total. The van der Waals surface area contributed by atoms with E-state index in [-0.39, 0.29) is 17.5 Å². The number of amides is 2. The van der Waals surface area contributed by atoms with Gasteiger partial charge in [0.15, 0.2) is 5.69 Å². The van der Waals surface area contributed by atoms with Gasteiger partial charge in [-0.15, -0.1) is 5.10 Å². The quantitative estimate of drug-likeness (QED) is 0.464. The minimum absolute atomic E-state index is 0.0865. The molecule has 1 N–H and O–H groups in total. The van der Waals surface area contributed by atoms with Crippen LogP contribution in [0.5, 0.6) is 0 Å². The molecular weight excluding hydrogens is 404 g/mol. The van der Waals surface area contributed by atoms with Gasteiger partial charge in [-0.1, -0.05) is 35.5 Å². The van der Waals surface area contributed by atoms with Crippen molar-refractivity contribution in [3.05, 3.63) is 78.2 Å². The summed E-state index contributed by atoms with van der Waals surface area (Å²) < 4.78 is 3.57. The van der Waals surface area contributed by atoms with E-state index in [4.69, 9.17) is 0 Å². The molecule has 0 spiro atoms. The Bertz CT molecular complexity index is 1220. The minimum atomic E-state index is -0.320. The number of aromatic nitrogens is 4. The minimum Gasteiger partial charge on any atom is -0.342 e. The van der Waals surface area contributed by atoms with Crippen molar-refractivity contribution in [1.29, 1.82) is 0 Å². The average Bonchev–Trinajstić information content (AvgIpc) is 3.42. The lowest BCUT2D eigenvalue weighted by atomic mass is 10.2. The summed E-state index contributed by atoms with van der Waals surface area (Å²) in [5.74, 6) is -0.233. The zero-order chi connectivity index (χ0) is 22.5. The van der Waals surface area contributed by atoms with E-state index in [2.05, 4.69) is 15.6 Å². The summed E-state index contributed by atoms with van der Waals surface area (Å²) in [6.45, 7) is 6.18. The maximum Gasteiger partial charge on any atom is 0.277 e. The van der Waals surface area contributed by atoms with Crippen molar-refractivity contribution in [2.24, 2.45) is 0 Å². The standard InChI is InChI=1S/C24H26N6O2/c1-3-28(4-2)23(31)17-29-13-12-19-14-20(10-11-22(19)29)25-24(32)21-16-30(27-26-21)15-18-8-6-5-7-9-18/h5-14,16H,3-4,15,17H2,1-2H3,(H,25,32). The number of nitrogens with zero attached hydrogens (tertiary/aromatic N) is 5. The van der Waals surface area contributed by atoms with Gasteiger partial charge in [-0.3, -0.25) is 9.59 Å². The van der Waals surface area contributed by atoms with Crippen LogP contribution in [-0.4, -0.2) is 49.4 Å². The van der Waals surface area contributed by atoms with Crippen molar-refractivity contribution >= 4 is 28.4 Å². The first-order valence-electron chi connectivity index (χ1n) is 10.7. The summed E-state index contributed by atoms with van der Waals surface area (Å²) in [4.78, 5) is 26.9. The lowest BCUT2D eigenvalue weighted by Crippen LogP contribution is -2.33. The van der Waals surface area contributed by atoms with Crippen molar-refractivity contribution < 1.29 is 9.59 Å². The second kappa shape index (κ2) is 9.47. The Morgan fingerprint density at radius 2 is 1.81 bits per heavy atom. The normalized spacial score (nSPS) is 10.9. The van der Waals surface area contributed by atoms with Gasteiger partial charge >= 0.3 is 0 Å². The number of fused-ring (bicyclic) bond motifs is 1. The third-order valence-corrected chi connectivity index (χ3v) is 5.41. The van der Waals surface area contributed by atoms with Gasteiger partial charge in [0.2, 0.25) is 5.91 Å². The molecule has 0 radical (unpaired) electrons. The molecule has 2 amide bonds. The van der Waals surface area contributed by atoms with Crippen molar-refractivity contribution in [3.8, 4) is 0 Å². The molecule has 32 heavy (non-hydrogen) atoms. The predicted molar refractivity (Wildman–Crippen MR) is 123 cm³/mol. The molecule has 0 aliphatic heterocycles. The third kappa shape index (κ3) is 4.69. The molecule has 2 heterocycles. The van der Waals surface area contributed by atoms with Crippen LogP contribution in [0.25, 0.3) is 10.9 Å². The van der Waals surface area contributed by atoms with E-state index in [1.54, 1.807) is 10.9 Å². The molecule has 0 bridgehead atoms. The molecular formula is C24H26N6O2. The number of carbonyl (C=O) groups excluding carboxylic acids is 2. The molecule has 4 rings (SSSR count). The van der Waals surface area contributed by atoms with Crippen LogP contribution in [0.2, 0.25) is 0 Å². The van der Waals surface area contributed by atoms with Crippen LogP contribution in [-0.2, 0) is 17.9 Å². The predicted octanol–water partition coefficient (Wildman–Crippen LogP) is 3.40. The fourth-order valence-corrected chi connectivity index (χ4v) is 3.68. The number of hydrogen-bond acceptors (Lipinski definition) is 4. The van der Waals surface area contributed by atoms with Crippen LogP contribution in [0, 0.1) is 0 Å². The first-order chi connectivity index (χ1) is 15.6. The summed E-state index contributed by atoms with van der Waals surface area (Å²) in [5, 5.41) is 11.9. The first-order valence-corrected chi connectivity index (χ1v) is 10.7. The van der Waals surface area contributed by atoms with Crippen LogP contribution < -0.4 is 5.32 Å². The maximum atomic E-state index is 12.6. The Hall–Kier alpha value is -3.94. The van der Waals surface area contributed by atoms with Gasteiger partial charge in [-0.25, -0.2) is 4.68 Å². The van der Waals surface area contributed by atoms with E-state index in [9.17, 15) is 9.59 Å². The smallest absolute Gasteiger partial charge is 0.277 e. The third-order valence-electron chi connectivity index (χ3n) is 5.41. The molecule has 0 aliphatic rings. The van der Waals surface area contributed by atoms with E-state index in [0.717, 1.165) is 16.5 Å². The number of nitrogens with one attached hydrogen (secondary N) is 1. The summed E-state index contributed by atoms with van der Waals surface area (Å²) in [6.07, 6.45) is 3.53. The zero-order valence-electron chi connectivity index (χ0n) is 18.2. The average molecular weight is 431 g/mol. The summed E-state index contributed by atoms with van der Waals surface area (Å²) in [5.41, 5.74) is 2.94. The lowest BCUT2D eigenvalue weighted by Gasteiger charge is -2.19.